The van der Waals surface area contributed by atoms with Crippen molar-refractivity contribution >= 4 is 5.91 Å². The highest BCUT2D eigenvalue weighted by Gasteiger charge is 2.28. The second-order valence-corrected chi connectivity index (χ2v) is 5.70. The lowest BCUT2D eigenvalue weighted by atomic mass is 9.94. The average molecular weight is 278 g/mol. The molecule has 1 aliphatic rings. The first-order valence-corrected chi connectivity index (χ1v) is 7.17. The van der Waals surface area contributed by atoms with Crippen LogP contribution >= 0.6 is 0 Å². The van der Waals surface area contributed by atoms with E-state index in [-0.39, 0.29) is 23.6 Å². The van der Waals surface area contributed by atoms with E-state index >= 15 is 0 Å². The lowest BCUT2D eigenvalue weighted by molar-refractivity contribution is -0.0186. The van der Waals surface area contributed by atoms with Crippen LogP contribution < -0.4 is 10.9 Å². The molecular formula is C15H22N2O3. The first kappa shape index (κ1) is 14.8. The molecule has 1 fully saturated rings. The highest BCUT2D eigenvalue weighted by atomic mass is 16.5. The van der Waals surface area contributed by atoms with Crippen molar-refractivity contribution in [2.75, 3.05) is 6.61 Å². The van der Waals surface area contributed by atoms with Crippen molar-refractivity contribution in [3.63, 3.8) is 0 Å². The largest absolute Gasteiger partial charge is 0.376 e. The minimum Gasteiger partial charge on any atom is -0.376 e. The molecule has 1 saturated heterocycles. The van der Waals surface area contributed by atoms with Crippen molar-refractivity contribution < 1.29 is 9.53 Å². The van der Waals surface area contributed by atoms with Crippen LogP contribution in [0.2, 0.25) is 0 Å². The number of hydrogen-bond donors (Lipinski definition) is 2. The van der Waals surface area contributed by atoms with Gasteiger partial charge in [0.15, 0.2) is 0 Å². The van der Waals surface area contributed by atoms with E-state index in [4.69, 9.17) is 4.74 Å². The summed E-state index contributed by atoms with van der Waals surface area (Å²) >= 11 is 0. The quantitative estimate of drug-likeness (QED) is 0.880. The molecule has 0 saturated carbocycles. The van der Waals surface area contributed by atoms with Crippen LogP contribution in [0.25, 0.3) is 0 Å². The smallest absolute Gasteiger partial charge is 0.251 e. The third-order valence-corrected chi connectivity index (χ3v) is 3.50. The van der Waals surface area contributed by atoms with E-state index in [1.807, 2.05) is 0 Å². The molecule has 2 rings (SSSR count). The summed E-state index contributed by atoms with van der Waals surface area (Å²) < 4.78 is 5.78. The maximum Gasteiger partial charge on any atom is 0.251 e. The molecule has 1 aromatic heterocycles. The fourth-order valence-corrected chi connectivity index (χ4v) is 2.54. The molecule has 110 valence electrons. The monoisotopic (exact) mass is 278 g/mol. The number of ether oxygens (including phenoxy) is 1. The fraction of sp³-hybridized carbons (Fsp3) is 0.600. The number of nitrogens with one attached hydrogen (secondary N) is 2. The van der Waals surface area contributed by atoms with Crippen molar-refractivity contribution in [1.29, 1.82) is 0 Å². The van der Waals surface area contributed by atoms with Crippen molar-refractivity contribution in [3.05, 3.63) is 34.2 Å². The number of aromatic amines is 1. The van der Waals surface area contributed by atoms with Crippen LogP contribution in [0.5, 0.6) is 0 Å². The van der Waals surface area contributed by atoms with Crippen LogP contribution in [0, 0.1) is 5.92 Å². The van der Waals surface area contributed by atoms with Gasteiger partial charge in [-0.3, -0.25) is 9.59 Å². The van der Waals surface area contributed by atoms with Crippen molar-refractivity contribution in [3.8, 4) is 0 Å². The zero-order valence-electron chi connectivity index (χ0n) is 12.0. The Balaban J connectivity index is 2.03. The van der Waals surface area contributed by atoms with Gasteiger partial charge in [-0.15, -0.1) is 0 Å². The van der Waals surface area contributed by atoms with Crippen LogP contribution in [-0.2, 0) is 4.74 Å². The summed E-state index contributed by atoms with van der Waals surface area (Å²) in [6.45, 7) is 5.05. The molecule has 0 radical (unpaired) electrons. The normalized spacial score (nSPS) is 22.8. The minimum atomic E-state index is -0.267. The molecule has 2 unspecified atom stereocenters. The number of hydrogen-bond acceptors (Lipinski definition) is 3. The first-order chi connectivity index (χ1) is 9.56. The van der Waals surface area contributed by atoms with Gasteiger partial charge in [0, 0.05) is 24.4 Å². The average Bonchev–Trinajstić information content (AvgIpc) is 2.40. The molecule has 0 spiro atoms. The van der Waals surface area contributed by atoms with Crippen LogP contribution in [-0.4, -0.2) is 29.6 Å². The number of aromatic nitrogens is 1. The van der Waals surface area contributed by atoms with Crippen LogP contribution in [0.4, 0.5) is 0 Å². The predicted octanol–water partition coefficient (Wildman–Crippen LogP) is 1.70. The third kappa shape index (κ3) is 3.93. The van der Waals surface area contributed by atoms with E-state index in [2.05, 4.69) is 24.1 Å². The lowest BCUT2D eigenvalue weighted by Gasteiger charge is -2.33. The zero-order valence-corrected chi connectivity index (χ0v) is 12.0. The Kier molecular flexibility index (Phi) is 4.95. The Hall–Kier alpha value is -1.62. The summed E-state index contributed by atoms with van der Waals surface area (Å²) in [6, 6.07) is 2.95. The molecule has 1 aliphatic heterocycles. The van der Waals surface area contributed by atoms with Gasteiger partial charge in [-0.25, -0.2) is 0 Å². The molecule has 5 heteroatoms. The van der Waals surface area contributed by atoms with Crippen molar-refractivity contribution in [2.45, 2.75) is 45.3 Å². The van der Waals surface area contributed by atoms with Gasteiger partial charge in [0.25, 0.3) is 5.91 Å². The topological polar surface area (TPSA) is 71.2 Å². The summed E-state index contributed by atoms with van der Waals surface area (Å²) in [5, 5.41) is 3.00. The highest BCUT2D eigenvalue weighted by molar-refractivity contribution is 5.94. The summed E-state index contributed by atoms with van der Waals surface area (Å²) in [6.07, 6.45) is 4.36. The summed E-state index contributed by atoms with van der Waals surface area (Å²) in [4.78, 5) is 25.9. The van der Waals surface area contributed by atoms with Crippen LogP contribution in [0.15, 0.2) is 23.1 Å². The van der Waals surface area contributed by atoms with Crippen molar-refractivity contribution in [1.82, 2.24) is 10.3 Å². The number of rotatable bonds is 4. The molecule has 2 N–H and O–H groups in total. The predicted molar refractivity (Wildman–Crippen MR) is 76.7 cm³/mol. The fourth-order valence-electron chi connectivity index (χ4n) is 2.54. The maximum absolute atomic E-state index is 12.2. The summed E-state index contributed by atoms with van der Waals surface area (Å²) in [7, 11) is 0. The minimum absolute atomic E-state index is 0.0259. The van der Waals surface area contributed by atoms with E-state index < -0.39 is 0 Å². The molecule has 2 atom stereocenters. The van der Waals surface area contributed by atoms with Crippen LogP contribution in [0.3, 0.4) is 0 Å². The SMILES string of the molecule is CC(C)CC1OCCCC1NC(=O)c1cc[nH]c(=O)c1. The molecule has 5 nitrogen and oxygen atoms in total. The van der Waals surface area contributed by atoms with Gasteiger partial charge in [-0.1, -0.05) is 13.8 Å². The van der Waals surface area contributed by atoms with E-state index in [0.29, 0.717) is 11.5 Å². The standard InChI is InChI=1S/C15H22N2O3/c1-10(2)8-13-12(4-3-7-20-13)17-15(19)11-5-6-16-14(18)9-11/h5-6,9-10,12-13H,3-4,7-8H2,1-2H3,(H,16,18)(H,17,19). The molecule has 0 aliphatic carbocycles. The number of amides is 1. The second kappa shape index (κ2) is 6.70. The molecule has 1 amide bonds. The van der Waals surface area contributed by atoms with E-state index in [9.17, 15) is 9.59 Å². The Morgan fingerprint density at radius 2 is 2.35 bits per heavy atom. The number of carbonyl (C=O) groups is 1. The summed E-state index contributed by atoms with van der Waals surface area (Å²) in [5.74, 6) is 0.317. The maximum atomic E-state index is 12.2. The number of carbonyl (C=O) groups excluding carboxylic acids is 1. The van der Waals surface area contributed by atoms with E-state index in [0.717, 1.165) is 25.9 Å². The molecule has 1 aromatic rings. The first-order valence-electron chi connectivity index (χ1n) is 7.17. The van der Waals surface area contributed by atoms with E-state index in [1.165, 1.54) is 12.3 Å². The molecule has 0 aromatic carbocycles. The Bertz CT molecular complexity index is 510. The Morgan fingerprint density at radius 3 is 3.05 bits per heavy atom. The van der Waals surface area contributed by atoms with Gasteiger partial charge >= 0.3 is 0 Å². The van der Waals surface area contributed by atoms with Crippen LogP contribution in [0.1, 0.15) is 43.5 Å². The highest BCUT2D eigenvalue weighted by Crippen LogP contribution is 2.20. The molecular weight excluding hydrogens is 256 g/mol. The number of H-pyrrole nitrogens is 1. The lowest BCUT2D eigenvalue weighted by Crippen LogP contribution is -2.47. The van der Waals surface area contributed by atoms with Gasteiger partial charge in [0.2, 0.25) is 5.56 Å². The van der Waals surface area contributed by atoms with Gasteiger partial charge in [0.1, 0.15) is 0 Å². The Labute approximate surface area is 118 Å². The van der Waals surface area contributed by atoms with Gasteiger partial charge in [-0.05, 0) is 31.2 Å². The van der Waals surface area contributed by atoms with Gasteiger partial charge in [-0.2, -0.15) is 0 Å². The molecule has 2 heterocycles. The Morgan fingerprint density at radius 1 is 1.55 bits per heavy atom. The second-order valence-electron chi connectivity index (χ2n) is 5.70. The van der Waals surface area contributed by atoms with Gasteiger partial charge < -0.3 is 15.0 Å². The molecule has 20 heavy (non-hydrogen) atoms. The molecule has 0 bridgehead atoms. The van der Waals surface area contributed by atoms with Crippen molar-refractivity contribution in [2.24, 2.45) is 5.92 Å². The summed E-state index contributed by atoms with van der Waals surface area (Å²) in [5.41, 5.74) is 0.124. The van der Waals surface area contributed by atoms with E-state index in [1.54, 1.807) is 6.07 Å². The van der Waals surface area contributed by atoms with Gasteiger partial charge in [0.05, 0.1) is 12.1 Å². The third-order valence-electron chi connectivity index (χ3n) is 3.50. The zero-order chi connectivity index (χ0) is 14.5. The number of pyridine rings is 1.